The maximum atomic E-state index is 13.4. The molecule has 7 heteroatoms. The maximum absolute atomic E-state index is 13.4. The number of fused-ring (bicyclic) bond motifs is 3. The van der Waals surface area contributed by atoms with Crippen LogP contribution in [-0.4, -0.2) is 39.0 Å². The van der Waals surface area contributed by atoms with Gasteiger partial charge < -0.3 is 5.32 Å². The SMILES string of the molecule is C[C@@H](SC1=Nc2ccccc2C2=N[C@H](Cc3ccccc3)C(=O)N12)C(=O)Nc1ccccc1. The van der Waals surface area contributed by atoms with Gasteiger partial charge in [0.25, 0.3) is 5.91 Å². The first-order valence-electron chi connectivity index (χ1n) is 10.8. The van der Waals surface area contributed by atoms with Crippen LogP contribution in [0.15, 0.2) is 94.9 Å². The van der Waals surface area contributed by atoms with Gasteiger partial charge in [-0.15, -0.1) is 0 Å². The van der Waals surface area contributed by atoms with Crippen LogP contribution in [-0.2, 0) is 16.0 Å². The van der Waals surface area contributed by atoms with E-state index >= 15 is 0 Å². The van der Waals surface area contributed by atoms with E-state index in [-0.39, 0.29) is 11.8 Å². The highest BCUT2D eigenvalue weighted by molar-refractivity contribution is 8.15. The average molecular weight is 455 g/mol. The van der Waals surface area contributed by atoms with Crippen LogP contribution in [0.5, 0.6) is 0 Å². The molecule has 0 fully saturated rings. The predicted molar refractivity (Wildman–Crippen MR) is 133 cm³/mol. The molecule has 33 heavy (non-hydrogen) atoms. The molecule has 1 N–H and O–H groups in total. The van der Waals surface area contributed by atoms with Crippen LogP contribution in [0.1, 0.15) is 18.1 Å². The summed E-state index contributed by atoms with van der Waals surface area (Å²) in [7, 11) is 0. The van der Waals surface area contributed by atoms with Gasteiger partial charge in [0.2, 0.25) is 5.91 Å². The minimum Gasteiger partial charge on any atom is -0.325 e. The Morgan fingerprint density at radius 1 is 1.00 bits per heavy atom. The number of rotatable bonds is 5. The number of benzene rings is 3. The third kappa shape index (κ3) is 4.32. The molecule has 6 nitrogen and oxygen atoms in total. The van der Waals surface area contributed by atoms with Crippen molar-refractivity contribution in [2.24, 2.45) is 9.98 Å². The van der Waals surface area contributed by atoms with E-state index < -0.39 is 11.3 Å². The van der Waals surface area contributed by atoms with E-state index in [9.17, 15) is 9.59 Å². The molecule has 0 saturated heterocycles. The molecule has 0 spiro atoms. The summed E-state index contributed by atoms with van der Waals surface area (Å²) in [4.78, 5) is 37.3. The highest BCUT2D eigenvalue weighted by atomic mass is 32.2. The number of nitrogens with one attached hydrogen (secondary N) is 1. The quantitative estimate of drug-likeness (QED) is 0.610. The lowest BCUT2D eigenvalue weighted by molar-refractivity contribution is -0.124. The largest absolute Gasteiger partial charge is 0.325 e. The van der Waals surface area contributed by atoms with E-state index in [4.69, 9.17) is 9.98 Å². The van der Waals surface area contributed by atoms with Crippen molar-refractivity contribution in [1.82, 2.24) is 4.90 Å². The summed E-state index contributed by atoms with van der Waals surface area (Å²) in [5.41, 5.74) is 3.36. The minimum atomic E-state index is -0.521. The Kier molecular flexibility index (Phi) is 5.79. The topological polar surface area (TPSA) is 74.1 Å². The second-order valence-electron chi connectivity index (χ2n) is 7.86. The smallest absolute Gasteiger partial charge is 0.259 e. The van der Waals surface area contributed by atoms with Crippen LogP contribution < -0.4 is 5.32 Å². The molecule has 0 aromatic heterocycles. The van der Waals surface area contributed by atoms with E-state index in [0.717, 1.165) is 22.5 Å². The van der Waals surface area contributed by atoms with Gasteiger partial charge in [0.1, 0.15) is 11.9 Å². The van der Waals surface area contributed by atoms with Crippen molar-refractivity contribution in [2.45, 2.75) is 24.6 Å². The van der Waals surface area contributed by atoms with Crippen LogP contribution >= 0.6 is 11.8 Å². The van der Waals surface area contributed by atoms with E-state index in [1.807, 2.05) is 91.9 Å². The van der Waals surface area contributed by atoms with Crippen LogP contribution in [0.3, 0.4) is 0 Å². The zero-order valence-corrected chi connectivity index (χ0v) is 18.8. The van der Waals surface area contributed by atoms with Gasteiger partial charge in [-0.1, -0.05) is 72.4 Å². The normalized spacial score (nSPS) is 17.5. The molecule has 3 aromatic rings. The van der Waals surface area contributed by atoms with Gasteiger partial charge in [0.15, 0.2) is 5.17 Å². The third-order valence-corrected chi connectivity index (χ3v) is 6.56. The van der Waals surface area contributed by atoms with E-state index in [0.29, 0.717) is 17.4 Å². The fourth-order valence-electron chi connectivity index (χ4n) is 3.83. The summed E-state index contributed by atoms with van der Waals surface area (Å²) >= 11 is 1.26. The molecule has 2 aliphatic heterocycles. The summed E-state index contributed by atoms with van der Waals surface area (Å²) in [6.45, 7) is 1.81. The summed E-state index contributed by atoms with van der Waals surface area (Å²) < 4.78 is 0. The highest BCUT2D eigenvalue weighted by Crippen LogP contribution is 2.35. The molecule has 0 aliphatic carbocycles. The average Bonchev–Trinajstić information content (AvgIpc) is 3.17. The van der Waals surface area contributed by atoms with Crippen molar-refractivity contribution in [2.75, 3.05) is 5.32 Å². The molecule has 0 radical (unpaired) electrons. The molecule has 2 aliphatic rings. The third-order valence-electron chi connectivity index (χ3n) is 5.51. The monoisotopic (exact) mass is 454 g/mol. The Morgan fingerprint density at radius 3 is 2.42 bits per heavy atom. The lowest BCUT2D eigenvalue weighted by Gasteiger charge is -2.26. The fourth-order valence-corrected chi connectivity index (χ4v) is 4.74. The van der Waals surface area contributed by atoms with Crippen LogP contribution in [0.2, 0.25) is 0 Å². The number of hydrogen-bond donors (Lipinski definition) is 1. The van der Waals surface area contributed by atoms with Gasteiger partial charge in [-0.25, -0.2) is 9.89 Å². The van der Waals surface area contributed by atoms with Crippen LogP contribution in [0.4, 0.5) is 11.4 Å². The Balaban J connectivity index is 1.41. The second kappa shape index (κ2) is 9.03. The number of carbonyl (C=O) groups excluding carboxylic acids is 2. The second-order valence-corrected chi connectivity index (χ2v) is 9.17. The van der Waals surface area contributed by atoms with Crippen LogP contribution in [0, 0.1) is 0 Å². The Labute approximate surface area is 196 Å². The molecular weight excluding hydrogens is 432 g/mol. The number of para-hydroxylation sites is 2. The Morgan fingerprint density at radius 2 is 1.67 bits per heavy atom. The van der Waals surface area contributed by atoms with Crippen molar-refractivity contribution < 1.29 is 9.59 Å². The molecule has 0 saturated carbocycles. The van der Waals surface area contributed by atoms with Crippen molar-refractivity contribution in [3.8, 4) is 0 Å². The summed E-state index contributed by atoms with van der Waals surface area (Å²) in [6.07, 6.45) is 0.518. The summed E-state index contributed by atoms with van der Waals surface area (Å²) in [5.74, 6) is 0.328. The molecule has 0 bridgehead atoms. The van der Waals surface area contributed by atoms with E-state index in [1.165, 1.54) is 11.8 Å². The van der Waals surface area contributed by atoms with Gasteiger partial charge in [-0.05, 0) is 36.8 Å². The minimum absolute atomic E-state index is 0.120. The number of thioether (sulfide) groups is 1. The van der Waals surface area contributed by atoms with Gasteiger partial charge in [-0.3, -0.25) is 14.6 Å². The van der Waals surface area contributed by atoms with E-state index in [1.54, 1.807) is 4.90 Å². The first-order chi connectivity index (χ1) is 16.1. The standard InChI is InChI=1S/C26H22N4O2S/c1-17(24(31)27-19-12-6-3-7-13-19)33-26-29-21-15-9-8-14-20(21)23-28-22(25(32)30(23)26)16-18-10-4-2-5-11-18/h2-15,17,22H,16H2,1H3,(H,27,31)/t17-,22-/m1/s1. The maximum Gasteiger partial charge on any atom is 0.259 e. The number of hydrogen-bond acceptors (Lipinski definition) is 5. The summed E-state index contributed by atoms with van der Waals surface area (Å²) in [6, 6.07) is 26.3. The van der Waals surface area contributed by atoms with Gasteiger partial charge in [0, 0.05) is 17.7 Å². The van der Waals surface area contributed by atoms with Gasteiger partial charge >= 0.3 is 0 Å². The van der Waals surface area contributed by atoms with Crippen molar-refractivity contribution in [3.05, 3.63) is 96.1 Å². The van der Waals surface area contributed by atoms with Crippen molar-refractivity contribution in [3.63, 3.8) is 0 Å². The lowest BCUT2D eigenvalue weighted by atomic mass is 10.1. The molecule has 2 heterocycles. The van der Waals surface area contributed by atoms with E-state index in [2.05, 4.69) is 5.32 Å². The molecule has 164 valence electrons. The number of carbonyl (C=O) groups is 2. The molecular formula is C26H22N4O2S. The number of amidine groups is 2. The lowest BCUT2D eigenvalue weighted by Crippen LogP contribution is -2.42. The summed E-state index contributed by atoms with van der Waals surface area (Å²) in [5, 5.41) is 2.93. The van der Waals surface area contributed by atoms with Crippen molar-refractivity contribution >= 4 is 46.0 Å². The van der Waals surface area contributed by atoms with Gasteiger partial charge in [-0.2, -0.15) is 0 Å². The number of aliphatic imine (C=N–C) groups is 2. The molecule has 0 unspecified atom stereocenters. The number of amides is 2. The molecule has 5 rings (SSSR count). The molecule has 2 atom stereocenters. The number of anilines is 1. The first kappa shape index (κ1) is 21.2. The Hall–Kier alpha value is -3.71. The molecule has 2 amide bonds. The fraction of sp³-hybridized carbons (Fsp3) is 0.154. The Bertz CT molecular complexity index is 1260. The highest BCUT2D eigenvalue weighted by Gasteiger charge is 2.42. The zero-order valence-electron chi connectivity index (χ0n) is 18.0. The van der Waals surface area contributed by atoms with Crippen molar-refractivity contribution in [1.29, 1.82) is 0 Å². The van der Waals surface area contributed by atoms with Crippen LogP contribution in [0.25, 0.3) is 0 Å². The number of nitrogens with zero attached hydrogens (tertiary/aromatic N) is 3. The predicted octanol–water partition coefficient (Wildman–Crippen LogP) is 4.65. The molecule has 3 aromatic carbocycles. The first-order valence-corrected chi connectivity index (χ1v) is 11.6. The zero-order chi connectivity index (χ0) is 22.8. The van der Waals surface area contributed by atoms with Gasteiger partial charge in [0.05, 0.1) is 10.9 Å².